The van der Waals surface area contributed by atoms with Gasteiger partial charge in [0, 0.05) is 23.5 Å². The molecule has 2 aromatic carbocycles. The summed E-state index contributed by atoms with van der Waals surface area (Å²) in [6, 6.07) is 12.9. The maximum Gasteiger partial charge on any atom is 0.251 e. The topological polar surface area (TPSA) is 70.2 Å². The second-order valence-electron chi connectivity index (χ2n) is 6.04. The lowest BCUT2D eigenvalue weighted by Crippen LogP contribution is -2.24. The number of carbonyl (C=O) groups excluding carboxylic acids is 2. The Balaban J connectivity index is 1.90. The van der Waals surface area contributed by atoms with Crippen LogP contribution in [-0.4, -0.2) is 24.9 Å². The van der Waals surface area contributed by atoms with Crippen molar-refractivity contribution in [2.24, 2.45) is 0 Å². The minimum atomic E-state index is -0.135. The van der Waals surface area contributed by atoms with E-state index < -0.39 is 0 Å². The van der Waals surface area contributed by atoms with Gasteiger partial charge in [-0.3, -0.25) is 9.59 Å². The summed E-state index contributed by atoms with van der Waals surface area (Å²) in [5, 5.41) is 8.75. The summed E-state index contributed by atoms with van der Waals surface area (Å²) in [5.41, 5.74) is 4.42. The zero-order valence-electron chi connectivity index (χ0n) is 15.0. The van der Waals surface area contributed by atoms with Crippen molar-refractivity contribution in [1.82, 2.24) is 5.32 Å². The van der Waals surface area contributed by atoms with E-state index in [0.717, 1.165) is 23.4 Å². The molecule has 0 saturated heterocycles. The molecule has 0 aromatic heterocycles. The molecule has 2 rings (SSSR count). The fourth-order valence-corrected chi connectivity index (χ4v) is 2.32. The number of nitrogens with one attached hydrogen (secondary N) is 3. The zero-order valence-corrected chi connectivity index (χ0v) is 15.0. The maximum atomic E-state index is 12.1. The molecule has 0 spiro atoms. The molecule has 0 fully saturated rings. The van der Waals surface area contributed by atoms with E-state index in [1.54, 1.807) is 18.2 Å². The molecule has 5 heteroatoms. The van der Waals surface area contributed by atoms with Crippen molar-refractivity contribution >= 4 is 23.2 Å². The zero-order chi connectivity index (χ0) is 18.2. The summed E-state index contributed by atoms with van der Waals surface area (Å²) in [6.45, 7) is 6.83. The largest absolute Gasteiger partial charge is 0.376 e. The smallest absolute Gasteiger partial charge is 0.251 e. The van der Waals surface area contributed by atoms with Crippen LogP contribution in [0.2, 0.25) is 0 Å². The number of hydrogen-bond donors (Lipinski definition) is 3. The van der Waals surface area contributed by atoms with E-state index in [2.05, 4.69) is 16.0 Å². The van der Waals surface area contributed by atoms with Crippen LogP contribution in [0.3, 0.4) is 0 Å². The SMILES string of the molecule is CCCNC(=O)c1cccc(NCC(=O)Nc2ccc(C)c(C)c2)c1. The van der Waals surface area contributed by atoms with E-state index in [1.807, 2.05) is 45.0 Å². The first-order chi connectivity index (χ1) is 12.0. The Bertz CT molecular complexity index is 756. The fraction of sp³-hybridized carbons (Fsp3) is 0.300. The van der Waals surface area contributed by atoms with Crippen LogP contribution >= 0.6 is 0 Å². The molecule has 0 saturated carbocycles. The number of aryl methyl sites for hydroxylation is 2. The molecule has 0 atom stereocenters. The van der Waals surface area contributed by atoms with E-state index in [-0.39, 0.29) is 18.4 Å². The van der Waals surface area contributed by atoms with E-state index in [0.29, 0.717) is 12.1 Å². The van der Waals surface area contributed by atoms with Crippen LogP contribution in [0.15, 0.2) is 42.5 Å². The predicted molar refractivity (Wildman–Crippen MR) is 102 cm³/mol. The van der Waals surface area contributed by atoms with E-state index in [9.17, 15) is 9.59 Å². The lowest BCUT2D eigenvalue weighted by Gasteiger charge is -2.10. The number of benzene rings is 2. The highest BCUT2D eigenvalue weighted by atomic mass is 16.2. The van der Waals surface area contributed by atoms with Crippen molar-refractivity contribution in [3.63, 3.8) is 0 Å². The fourth-order valence-electron chi connectivity index (χ4n) is 2.32. The number of amides is 2. The first-order valence-corrected chi connectivity index (χ1v) is 8.49. The number of rotatable bonds is 7. The van der Waals surface area contributed by atoms with Gasteiger partial charge in [-0.05, 0) is 61.7 Å². The van der Waals surface area contributed by atoms with Gasteiger partial charge in [0.25, 0.3) is 5.91 Å². The molecule has 2 amide bonds. The third-order valence-corrected chi connectivity index (χ3v) is 3.90. The average molecular weight is 339 g/mol. The van der Waals surface area contributed by atoms with Crippen molar-refractivity contribution in [3.05, 3.63) is 59.2 Å². The molecular formula is C20H25N3O2. The third-order valence-electron chi connectivity index (χ3n) is 3.90. The summed E-state index contributed by atoms with van der Waals surface area (Å²) < 4.78 is 0. The molecule has 0 radical (unpaired) electrons. The number of carbonyl (C=O) groups is 2. The van der Waals surface area contributed by atoms with Crippen molar-refractivity contribution in [2.75, 3.05) is 23.7 Å². The Morgan fingerprint density at radius 3 is 2.48 bits per heavy atom. The molecule has 0 heterocycles. The van der Waals surface area contributed by atoms with Crippen molar-refractivity contribution in [2.45, 2.75) is 27.2 Å². The minimum absolute atomic E-state index is 0.106. The monoisotopic (exact) mass is 339 g/mol. The molecule has 132 valence electrons. The summed E-state index contributed by atoms with van der Waals surface area (Å²) in [5.74, 6) is -0.242. The van der Waals surface area contributed by atoms with Crippen LogP contribution in [0.25, 0.3) is 0 Å². The van der Waals surface area contributed by atoms with Crippen LogP contribution in [0.5, 0.6) is 0 Å². The van der Waals surface area contributed by atoms with Gasteiger partial charge in [0.1, 0.15) is 0 Å². The van der Waals surface area contributed by atoms with Gasteiger partial charge < -0.3 is 16.0 Å². The van der Waals surface area contributed by atoms with E-state index >= 15 is 0 Å². The highest BCUT2D eigenvalue weighted by molar-refractivity contribution is 5.96. The molecule has 0 bridgehead atoms. The Morgan fingerprint density at radius 2 is 1.76 bits per heavy atom. The summed E-state index contributed by atoms with van der Waals surface area (Å²) >= 11 is 0. The van der Waals surface area contributed by atoms with Gasteiger partial charge in [-0.1, -0.05) is 19.1 Å². The van der Waals surface area contributed by atoms with Gasteiger partial charge in [0.2, 0.25) is 5.91 Å². The normalized spacial score (nSPS) is 10.2. The Kier molecular flexibility index (Phi) is 6.57. The van der Waals surface area contributed by atoms with Crippen LogP contribution in [-0.2, 0) is 4.79 Å². The molecule has 0 aliphatic carbocycles. The first-order valence-electron chi connectivity index (χ1n) is 8.49. The van der Waals surface area contributed by atoms with Crippen molar-refractivity contribution in [1.29, 1.82) is 0 Å². The highest BCUT2D eigenvalue weighted by Crippen LogP contribution is 2.14. The molecule has 0 aliphatic rings. The lowest BCUT2D eigenvalue weighted by atomic mass is 10.1. The minimum Gasteiger partial charge on any atom is -0.376 e. The quantitative estimate of drug-likeness (QED) is 0.723. The van der Waals surface area contributed by atoms with Crippen LogP contribution in [0.1, 0.15) is 34.8 Å². The van der Waals surface area contributed by atoms with Gasteiger partial charge in [-0.25, -0.2) is 0 Å². The van der Waals surface area contributed by atoms with Crippen molar-refractivity contribution in [3.8, 4) is 0 Å². The van der Waals surface area contributed by atoms with Crippen molar-refractivity contribution < 1.29 is 9.59 Å². The van der Waals surface area contributed by atoms with Gasteiger partial charge in [-0.15, -0.1) is 0 Å². The van der Waals surface area contributed by atoms with Crippen LogP contribution < -0.4 is 16.0 Å². The van der Waals surface area contributed by atoms with Crippen LogP contribution in [0.4, 0.5) is 11.4 Å². The van der Waals surface area contributed by atoms with Gasteiger partial charge in [0.05, 0.1) is 6.54 Å². The molecule has 0 unspecified atom stereocenters. The summed E-state index contributed by atoms with van der Waals surface area (Å²) in [4.78, 5) is 24.1. The van der Waals surface area contributed by atoms with Crippen LogP contribution in [0, 0.1) is 13.8 Å². The third kappa shape index (κ3) is 5.64. The Morgan fingerprint density at radius 1 is 0.960 bits per heavy atom. The first kappa shape index (κ1) is 18.5. The molecule has 0 aliphatic heterocycles. The van der Waals surface area contributed by atoms with E-state index in [1.165, 1.54) is 5.56 Å². The molecule has 25 heavy (non-hydrogen) atoms. The summed E-state index contributed by atoms with van der Waals surface area (Å²) in [6.07, 6.45) is 0.891. The molecular weight excluding hydrogens is 314 g/mol. The van der Waals surface area contributed by atoms with E-state index in [4.69, 9.17) is 0 Å². The standard InChI is InChI=1S/C20H25N3O2/c1-4-10-21-20(25)16-6-5-7-17(12-16)22-13-19(24)23-18-9-8-14(2)15(3)11-18/h5-9,11-12,22H,4,10,13H2,1-3H3,(H,21,25)(H,23,24). The molecule has 2 aromatic rings. The van der Waals surface area contributed by atoms with Gasteiger partial charge >= 0.3 is 0 Å². The molecule has 3 N–H and O–H groups in total. The Labute approximate surface area is 148 Å². The Hall–Kier alpha value is -2.82. The summed E-state index contributed by atoms with van der Waals surface area (Å²) in [7, 11) is 0. The molecule has 5 nitrogen and oxygen atoms in total. The number of anilines is 2. The second kappa shape index (κ2) is 8.87. The lowest BCUT2D eigenvalue weighted by molar-refractivity contribution is -0.114. The van der Waals surface area contributed by atoms with Gasteiger partial charge in [-0.2, -0.15) is 0 Å². The number of hydrogen-bond acceptors (Lipinski definition) is 3. The highest BCUT2D eigenvalue weighted by Gasteiger charge is 2.07. The predicted octanol–water partition coefficient (Wildman–Crippen LogP) is 3.49. The second-order valence-corrected chi connectivity index (χ2v) is 6.04. The maximum absolute atomic E-state index is 12.1. The van der Waals surface area contributed by atoms with Gasteiger partial charge in [0.15, 0.2) is 0 Å². The average Bonchev–Trinajstić information content (AvgIpc) is 2.61.